The maximum atomic E-state index is 11.0. The number of amides is 1. The minimum absolute atomic E-state index is 0.294. The Balaban J connectivity index is 2.13. The number of carbonyl (C=O) groups excluding carboxylic acids is 1. The molecule has 11 heavy (non-hydrogen) atoms. The van der Waals surface area contributed by atoms with E-state index in [1.807, 2.05) is 11.0 Å². The summed E-state index contributed by atoms with van der Waals surface area (Å²) in [6.45, 7) is 4.47. The molecular weight excluding hydrogens is 138 g/mol. The molecule has 0 aliphatic carbocycles. The Morgan fingerprint density at radius 3 is 3.18 bits per heavy atom. The van der Waals surface area contributed by atoms with Crippen molar-refractivity contribution in [3.05, 3.63) is 24.3 Å². The number of fused-ring (bicyclic) bond motifs is 1. The Morgan fingerprint density at radius 2 is 2.55 bits per heavy atom. The molecule has 2 heteroatoms. The Bertz CT molecular complexity index is 242. The van der Waals surface area contributed by atoms with Crippen LogP contribution in [0.4, 0.5) is 0 Å². The fraction of sp³-hybridized carbons (Fsp3) is 0.444. The zero-order valence-corrected chi connectivity index (χ0v) is 6.42. The van der Waals surface area contributed by atoms with Gasteiger partial charge in [0.2, 0.25) is 5.91 Å². The summed E-state index contributed by atoms with van der Waals surface area (Å²) in [5.74, 6) is 0.294. The first kappa shape index (κ1) is 6.65. The van der Waals surface area contributed by atoms with Crippen molar-refractivity contribution in [3.63, 3.8) is 0 Å². The highest BCUT2D eigenvalue weighted by molar-refractivity contribution is 5.83. The molecule has 1 saturated heterocycles. The quantitative estimate of drug-likeness (QED) is 0.511. The molecule has 2 nitrogen and oxygen atoms in total. The summed E-state index contributed by atoms with van der Waals surface area (Å²) in [6.07, 6.45) is 5.79. The SMILES string of the molecule is C=CC1=CCC2CC(=O)N2C1. The van der Waals surface area contributed by atoms with Gasteiger partial charge in [-0.15, -0.1) is 0 Å². The van der Waals surface area contributed by atoms with Gasteiger partial charge in [-0.3, -0.25) is 4.79 Å². The highest BCUT2D eigenvalue weighted by atomic mass is 16.2. The van der Waals surface area contributed by atoms with Crippen molar-refractivity contribution in [2.75, 3.05) is 6.54 Å². The van der Waals surface area contributed by atoms with Crippen molar-refractivity contribution in [2.24, 2.45) is 0 Å². The second kappa shape index (κ2) is 2.22. The maximum absolute atomic E-state index is 11.0. The summed E-state index contributed by atoms with van der Waals surface area (Å²) in [4.78, 5) is 12.9. The van der Waals surface area contributed by atoms with Gasteiger partial charge in [-0.1, -0.05) is 18.7 Å². The predicted octanol–water partition coefficient (Wildman–Crippen LogP) is 1.10. The van der Waals surface area contributed by atoms with Crippen LogP contribution in [0.15, 0.2) is 24.3 Å². The van der Waals surface area contributed by atoms with Crippen molar-refractivity contribution in [3.8, 4) is 0 Å². The minimum atomic E-state index is 0.294. The van der Waals surface area contributed by atoms with Crippen LogP contribution in [0.1, 0.15) is 12.8 Å². The van der Waals surface area contributed by atoms with Crippen LogP contribution < -0.4 is 0 Å². The fourth-order valence-corrected chi connectivity index (χ4v) is 1.64. The zero-order valence-electron chi connectivity index (χ0n) is 6.42. The largest absolute Gasteiger partial charge is 0.335 e. The molecule has 0 bridgehead atoms. The molecule has 1 fully saturated rings. The minimum Gasteiger partial charge on any atom is -0.335 e. The van der Waals surface area contributed by atoms with E-state index in [1.54, 1.807) is 0 Å². The molecule has 0 N–H and O–H groups in total. The van der Waals surface area contributed by atoms with Gasteiger partial charge in [0, 0.05) is 19.0 Å². The molecule has 0 aromatic heterocycles. The number of rotatable bonds is 1. The molecular formula is C9H11NO. The molecule has 0 aromatic carbocycles. The van der Waals surface area contributed by atoms with E-state index in [4.69, 9.17) is 0 Å². The molecule has 2 aliphatic heterocycles. The molecule has 2 heterocycles. The molecule has 0 saturated carbocycles. The molecule has 1 atom stereocenters. The Labute approximate surface area is 66.2 Å². The Hall–Kier alpha value is -1.05. The summed E-state index contributed by atoms with van der Waals surface area (Å²) in [5.41, 5.74) is 1.19. The zero-order chi connectivity index (χ0) is 7.84. The molecule has 2 rings (SSSR count). The van der Waals surface area contributed by atoms with E-state index in [9.17, 15) is 4.79 Å². The monoisotopic (exact) mass is 149 g/mol. The Morgan fingerprint density at radius 1 is 1.73 bits per heavy atom. The third-order valence-corrected chi connectivity index (χ3v) is 2.44. The van der Waals surface area contributed by atoms with Gasteiger partial charge in [-0.05, 0) is 12.0 Å². The van der Waals surface area contributed by atoms with Gasteiger partial charge in [0.15, 0.2) is 0 Å². The third-order valence-electron chi connectivity index (χ3n) is 2.44. The second-order valence-electron chi connectivity index (χ2n) is 3.10. The van der Waals surface area contributed by atoms with Crippen molar-refractivity contribution >= 4 is 5.91 Å². The highest BCUT2D eigenvalue weighted by Crippen LogP contribution is 2.28. The lowest BCUT2D eigenvalue weighted by Crippen LogP contribution is -2.54. The highest BCUT2D eigenvalue weighted by Gasteiger charge is 2.36. The number of β-lactam (4-membered cyclic amide) rings is 1. The maximum Gasteiger partial charge on any atom is 0.225 e. The van der Waals surface area contributed by atoms with Crippen LogP contribution in [-0.2, 0) is 4.79 Å². The van der Waals surface area contributed by atoms with Crippen LogP contribution in [0, 0.1) is 0 Å². The van der Waals surface area contributed by atoms with Crippen molar-refractivity contribution in [1.29, 1.82) is 0 Å². The summed E-state index contributed by atoms with van der Waals surface area (Å²) in [7, 11) is 0. The van der Waals surface area contributed by atoms with Gasteiger partial charge < -0.3 is 4.90 Å². The molecule has 1 unspecified atom stereocenters. The number of carbonyl (C=O) groups is 1. The Kier molecular flexibility index (Phi) is 1.34. The van der Waals surface area contributed by atoms with E-state index < -0.39 is 0 Å². The average molecular weight is 149 g/mol. The lowest BCUT2D eigenvalue weighted by atomic mass is 9.92. The van der Waals surface area contributed by atoms with Crippen LogP contribution in [0.3, 0.4) is 0 Å². The van der Waals surface area contributed by atoms with E-state index in [0.717, 1.165) is 19.4 Å². The molecule has 2 aliphatic rings. The fourth-order valence-electron chi connectivity index (χ4n) is 1.64. The molecule has 0 radical (unpaired) electrons. The van der Waals surface area contributed by atoms with Crippen molar-refractivity contribution in [1.82, 2.24) is 4.90 Å². The molecule has 0 aromatic rings. The average Bonchev–Trinajstić information content (AvgIpc) is 2.03. The van der Waals surface area contributed by atoms with Crippen LogP contribution >= 0.6 is 0 Å². The second-order valence-corrected chi connectivity index (χ2v) is 3.10. The topological polar surface area (TPSA) is 20.3 Å². The van der Waals surface area contributed by atoms with Gasteiger partial charge >= 0.3 is 0 Å². The summed E-state index contributed by atoms with van der Waals surface area (Å²) >= 11 is 0. The standard InChI is InChI=1S/C9H11NO/c1-2-7-3-4-8-5-9(11)10(8)6-7/h2-3,8H,1,4-6H2. The lowest BCUT2D eigenvalue weighted by Gasteiger charge is -2.43. The molecule has 0 spiro atoms. The van der Waals surface area contributed by atoms with Crippen molar-refractivity contribution in [2.45, 2.75) is 18.9 Å². The van der Waals surface area contributed by atoms with Gasteiger partial charge in [-0.25, -0.2) is 0 Å². The van der Waals surface area contributed by atoms with Crippen molar-refractivity contribution < 1.29 is 4.79 Å². The summed E-state index contributed by atoms with van der Waals surface area (Å²) in [6, 6.07) is 0.506. The van der Waals surface area contributed by atoms with E-state index >= 15 is 0 Å². The van der Waals surface area contributed by atoms with Gasteiger partial charge in [-0.2, -0.15) is 0 Å². The summed E-state index contributed by atoms with van der Waals surface area (Å²) < 4.78 is 0. The number of hydrogen-bond acceptors (Lipinski definition) is 1. The third kappa shape index (κ3) is 0.897. The predicted molar refractivity (Wildman–Crippen MR) is 43.0 cm³/mol. The van der Waals surface area contributed by atoms with E-state index in [2.05, 4.69) is 12.7 Å². The smallest absolute Gasteiger partial charge is 0.225 e. The van der Waals surface area contributed by atoms with Gasteiger partial charge in [0.05, 0.1) is 0 Å². The number of hydrogen-bond donors (Lipinski definition) is 0. The molecule has 1 amide bonds. The van der Waals surface area contributed by atoms with Gasteiger partial charge in [0.1, 0.15) is 0 Å². The van der Waals surface area contributed by atoms with Crippen LogP contribution in [0.25, 0.3) is 0 Å². The number of nitrogens with zero attached hydrogens (tertiary/aromatic N) is 1. The van der Waals surface area contributed by atoms with E-state index in [0.29, 0.717) is 11.9 Å². The van der Waals surface area contributed by atoms with E-state index in [-0.39, 0.29) is 0 Å². The van der Waals surface area contributed by atoms with Crippen LogP contribution in [-0.4, -0.2) is 23.4 Å². The first-order valence-corrected chi connectivity index (χ1v) is 3.92. The normalized spacial score (nSPS) is 28.7. The first-order chi connectivity index (χ1) is 5.31. The summed E-state index contributed by atoms with van der Waals surface area (Å²) in [5, 5.41) is 0. The van der Waals surface area contributed by atoms with E-state index in [1.165, 1.54) is 5.57 Å². The lowest BCUT2D eigenvalue weighted by molar-refractivity contribution is -0.145. The van der Waals surface area contributed by atoms with Crippen LogP contribution in [0.5, 0.6) is 0 Å². The van der Waals surface area contributed by atoms with Gasteiger partial charge in [0.25, 0.3) is 0 Å². The first-order valence-electron chi connectivity index (χ1n) is 3.92. The molecule has 58 valence electrons. The van der Waals surface area contributed by atoms with Crippen LogP contribution in [0.2, 0.25) is 0 Å².